The van der Waals surface area contributed by atoms with E-state index >= 15 is 0 Å². The molecule has 0 aliphatic carbocycles. The first-order valence-corrected chi connectivity index (χ1v) is 9.04. The summed E-state index contributed by atoms with van der Waals surface area (Å²) in [6.07, 6.45) is 0.100. The Morgan fingerprint density at radius 3 is 2.18 bits per heavy atom. The molecule has 0 N–H and O–H groups in total. The summed E-state index contributed by atoms with van der Waals surface area (Å²) in [5.41, 5.74) is 0.800. The van der Waals surface area contributed by atoms with Crippen LogP contribution in [0.2, 0.25) is 10.2 Å². The Morgan fingerprint density at radius 2 is 1.61 bits per heavy atom. The third-order valence-electron chi connectivity index (χ3n) is 4.17. The van der Waals surface area contributed by atoms with Gasteiger partial charge in [0.25, 0.3) is 5.79 Å². The average Bonchev–Trinajstić information content (AvgIpc) is 2.94. The molecule has 1 saturated heterocycles. The molecule has 2 aromatic rings. The monoisotopic (exact) mass is 433 g/mol. The maximum absolute atomic E-state index is 12.8. The van der Waals surface area contributed by atoms with E-state index in [0.717, 1.165) is 0 Å². The van der Waals surface area contributed by atoms with Gasteiger partial charge in [0.2, 0.25) is 5.78 Å². The first-order chi connectivity index (χ1) is 12.7. The predicted molar refractivity (Wildman–Crippen MR) is 106 cm³/mol. The number of cyclic esters (lactones) is 2. The molecule has 0 radical (unpaired) electrons. The zero-order chi connectivity index (χ0) is 19.8. The van der Waals surface area contributed by atoms with Crippen molar-refractivity contribution in [1.82, 2.24) is 4.57 Å². The zero-order valence-electron chi connectivity index (χ0n) is 14.7. The van der Waals surface area contributed by atoms with Crippen molar-refractivity contribution in [3.63, 3.8) is 0 Å². The third kappa shape index (κ3) is 4.99. The number of hydrogen-bond acceptors (Lipinski definition) is 5. The van der Waals surface area contributed by atoms with Gasteiger partial charge in [0.15, 0.2) is 5.92 Å². The number of benzene rings is 1. The molecule has 0 unspecified atom stereocenters. The van der Waals surface area contributed by atoms with Gasteiger partial charge in [-0.05, 0) is 42.8 Å². The molecule has 1 fully saturated rings. The topological polar surface area (TPSA) is 74.6 Å². The molecule has 3 rings (SSSR count). The fraction of sp³-hybridized carbons (Fsp3) is 0.316. The van der Waals surface area contributed by atoms with E-state index in [9.17, 15) is 14.4 Å². The van der Waals surface area contributed by atoms with Crippen LogP contribution < -0.4 is 0 Å². The zero-order valence-corrected chi connectivity index (χ0v) is 16.2. The van der Waals surface area contributed by atoms with Crippen molar-refractivity contribution in [2.45, 2.75) is 32.6 Å². The quantitative estimate of drug-likeness (QED) is 0.313. The van der Waals surface area contributed by atoms with Crippen LogP contribution in [-0.4, -0.2) is 57.6 Å². The van der Waals surface area contributed by atoms with Crippen LogP contribution in [-0.2, 0) is 25.6 Å². The third-order valence-corrected chi connectivity index (χ3v) is 4.75. The second kappa shape index (κ2) is 9.01. The van der Waals surface area contributed by atoms with Gasteiger partial charge < -0.3 is 14.0 Å². The first kappa shape index (κ1) is 23.0. The summed E-state index contributed by atoms with van der Waals surface area (Å²) in [5, 5.41) is 0.849. The van der Waals surface area contributed by atoms with Crippen LogP contribution in [0.25, 0.3) is 0 Å². The number of aromatic nitrogens is 1. The normalized spacial score (nSPS) is 16.1. The molecule has 0 bridgehead atoms. The van der Waals surface area contributed by atoms with Crippen molar-refractivity contribution < 1.29 is 23.9 Å². The van der Waals surface area contributed by atoms with Gasteiger partial charge in [0.1, 0.15) is 5.15 Å². The Labute approximate surface area is 194 Å². The number of ketones is 1. The van der Waals surface area contributed by atoms with Gasteiger partial charge in [-0.1, -0.05) is 23.2 Å². The van der Waals surface area contributed by atoms with Crippen molar-refractivity contribution in [2.24, 2.45) is 5.92 Å². The summed E-state index contributed by atoms with van der Waals surface area (Å²) in [5.74, 6) is -3.87. The number of nitrogens with zero attached hydrogens (tertiary/aromatic N) is 1. The number of halogens is 2. The van der Waals surface area contributed by atoms with Gasteiger partial charge in [-0.15, -0.1) is 0 Å². The second-order valence-electron chi connectivity index (χ2n) is 6.61. The summed E-state index contributed by atoms with van der Waals surface area (Å²) >= 11 is 12.1. The predicted octanol–water partition coefficient (Wildman–Crippen LogP) is 3.22. The van der Waals surface area contributed by atoms with Crippen molar-refractivity contribution in [3.05, 3.63) is 57.8 Å². The number of esters is 2. The summed E-state index contributed by atoms with van der Waals surface area (Å²) in [6.45, 7) is 3.16. The summed E-state index contributed by atoms with van der Waals surface area (Å²) in [7, 11) is 0. The summed E-state index contributed by atoms with van der Waals surface area (Å²) < 4.78 is 11.8. The summed E-state index contributed by atoms with van der Waals surface area (Å²) in [4.78, 5) is 36.9. The fourth-order valence-corrected chi connectivity index (χ4v) is 3.22. The molecule has 0 atom stereocenters. The van der Waals surface area contributed by atoms with Gasteiger partial charge in [0.05, 0.1) is 5.69 Å². The first-order valence-electron chi connectivity index (χ1n) is 8.29. The molecular weight excluding hydrogens is 416 g/mol. The molecule has 28 heavy (non-hydrogen) atoms. The van der Waals surface area contributed by atoms with Gasteiger partial charge in [-0.25, -0.2) is 0 Å². The van der Waals surface area contributed by atoms with Gasteiger partial charge in [0, 0.05) is 31.0 Å². The van der Waals surface area contributed by atoms with E-state index in [1.54, 1.807) is 41.0 Å². The van der Waals surface area contributed by atoms with Gasteiger partial charge in [-0.2, -0.15) is 0 Å². The van der Waals surface area contributed by atoms with Gasteiger partial charge in [-0.3, -0.25) is 14.4 Å². The van der Waals surface area contributed by atoms with Crippen molar-refractivity contribution >= 4 is 70.5 Å². The number of rotatable bonds is 5. The fourth-order valence-electron chi connectivity index (χ4n) is 2.86. The Bertz CT molecular complexity index is 888. The Morgan fingerprint density at radius 1 is 1.04 bits per heavy atom. The molecule has 144 valence electrons. The van der Waals surface area contributed by atoms with Crippen molar-refractivity contribution in [2.75, 3.05) is 0 Å². The number of carbonyl (C=O) groups is 3. The molecule has 0 amide bonds. The van der Waals surface area contributed by atoms with Crippen LogP contribution in [0.15, 0.2) is 36.4 Å². The van der Waals surface area contributed by atoms with Crippen LogP contribution in [0.1, 0.15) is 36.3 Å². The SMILES string of the molecule is CC1(C)OC(=O)C(CCn2c(Cl)ccc2C(=O)c2ccc(Cl)cc2)C(=O)O1.[NaH]. The molecule has 0 saturated carbocycles. The van der Waals surface area contributed by atoms with Crippen LogP contribution in [0.5, 0.6) is 0 Å². The second-order valence-corrected chi connectivity index (χ2v) is 7.44. The average molecular weight is 434 g/mol. The Balaban J connectivity index is 0.00000280. The number of ether oxygens (including phenoxy) is 2. The minimum atomic E-state index is -1.27. The Hall–Kier alpha value is -1.31. The molecule has 2 heterocycles. The number of carbonyl (C=O) groups excluding carboxylic acids is 3. The molecule has 9 heteroatoms. The maximum atomic E-state index is 12.8. The van der Waals surface area contributed by atoms with E-state index in [0.29, 0.717) is 21.4 Å². The molecule has 0 spiro atoms. The number of hydrogen-bond donors (Lipinski definition) is 0. The minimum absolute atomic E-state index is 0. The van der Waals surface area contributed by atoms with Crippen LogP contribution in [0, 0.1) is 5.92 Å². The van der Waals surface area contributed by atoms with E-state index in [1.165, 1.54) is 13.8 Å². The molecule has 1 aliphatic rings. The summed E-state index contributed by atoms with van der Waals surface area (Å²) in [6, 6.07) is 9.67. The molecule has 1 aliphatic heterocycles. The molecule has 1 aromatic carbocycles. The van der Waals surface area contributed by atoms with Crippen LogP contribution in [0.4, 0.5) is 0 Å². The van der Waals surface area contributed by atoms with Crippen molar-refractivity contribution in [1.29, 1.82) is 0 Å². The van der Waals surface area contributed by atoms with Crippen molar-refractivity contribution in [3.8, 4) is 0 Å². The van der Waals surface area contributed by atoms with Gasteiger partial charge >= 0.3 is 41.5 Å². The molecular formula is C19H18Cl2NNaO5. The van der Waals surface area contributed by atoms with E-state index < -0.39 is 23.6 Å². The van der Waals surface area contributed by atoms with E-state index in [-0.39, 0.29) is 48.3 Å². The van der Waals surface area contributed by atoms with E-state index in [1.807, 2.05) is 0 Å². The molecule has 1 aromatic heterocycles. The Kier molecular flexibility index (Phi) is 7.39. The standard InChI is InChI=1S/C19H17Cl2NO5.Na.H/c1-19(2)26-17(24)13(18(25)27-19)9-10-22-14(7-8-15(22)21)16(23)11-3-5-12(20)6-4-11;;/h3-8,13H,9-10H2,1-2H3;;. The van der Waals surface area contributed by atoms with E-state index in [2.05, 4.69) is 0 Å². The van der Waals surface area contributed by atoms with Crippen LogP contribution in [0.3, 0.4) is 0 Å². The van der Waals surface area contributed by atoms with E-state index in [4.69, 9.17) is 32.7 Å². The molecule has 6 nitrogen and oxygen atoms in total. The van der Waals surface area contributed by atoms with Crippen LogP contribution >= 0.6 is 23.2 Å².